The van der Waals surface area contributed by atoms with E-state index in [1.165, 1.54) is 0 Å². The van der Waals surface area contributed by atoms with Crippen molar-refractivity contribution in [3.63, 3.8) is 0 Å². The van der Waals surface area contributed by atoms with Gasteiger partial charge in [-0.25, -0.2) is 0 Å². The highest BCUT2D eigenvalue weighted by molar-refractivity contribution is 5.39. The molecule has 1 aromatic carbocycles. The summed E-state index contributed by atoms with van der Waals surface area (Å²) in [5, 5.41) is 6.08. The van der Waals surface area contributed by atoms with E-state index in [0.29, 0.717) is 25.0 Å². The molecule has 0 atom stereocenters. The molecule has 12 heteroatoms. The number of benzene rings is 1. The van der Waals surface area contributed by atoms with E-state index >= 15 is 0 Å². The maximum absolute atomic E-state index is 5.53. The summed E-state index contributed by atoms with van der Waals surface area (Å²) in [6.45, 7) is 1.02. The van der Waals surface area contributed by atoms with Gasteiger partial charge in [0, 0.05) is 13.1 Å². The highest BCUT2D eigenvalue weighted by Crippen LogP contribution is 2.10. The first-order chi connectivity index (χ1) is 12.5. The van der Waals surface area contributed by atoms with Gasteiger partial charge in [-0.3, -0.25) is 0 Å². The van der Waals surface area contributed by atoms with Crippen LogP contribution in [0, 0.1) is 0 Å². The minimum absolute atomic E-state index is 0.0704. The Hall–Kier alpha value is -3.96. The molecule has 12 nitrogen and oxygen atoms in total. The Labute approximate surface area is 148 Å². The van der Waals surface area contributed by atoms with Crippen molar-refractivity contribution in [1.29, 1.82) is 0 Å². The van der Waals surface area contributed by atoms with Gasteiger partial charge in [0.25, 0.3) is 0 Å². The van der Waals surface area contributed by atoms with Gasteiger partial charge in [-0.05, 0) is 11.1 Å². The highest BCUT2D eigenvalue weighted by atomic mass is 15.2. The topological polar surface area (TPSA) is 205 Å². The second kappa shape index (κ2) is 7.29. The van der Waals surface area contributed by atoms with E-state index in [1.807, 2.05) is 24.3 Å². The quantitative estimate of drug-likeness (QED) is 0.334. The Balaban J connectivity index is 1.56. The van der Waals surface area contributed by atoms with E-state index in [2.05, 4.69) is 40.5 Å². The molecular formula is C14H18N12. The molecule has 3 aromatic rings. The van der Waals surface area contributed by atoms with Crippen molar-refractivity contribution in [2.24, 2.45) is 0 Å². The van der Waals surface area contributed by atoms with Crippen LogP contribution in [0.15, 0.2) is 24.3 Å². The molecule has 0 spiro atoms. The maximum atomic E-state index is 5.53. The molecule has 0 fully saturated rings. The van der Waals surface area contributed by atoms with Crippen LogP contribution in [0.3, 0.4) is 0 Å². The summed E-state index contributed by atoms with van der Waals surface area (Å²) in [7, 11) is 0. The Kier molecular flexibility index (Phi) is 4.74. The Morgan fingerprint density at radius 2 is 0.846 bits per heavy atom. The van der Waals surface area contributed by atoms with E-state index in [1.54, 1.807) is 0 Å². The zero-order valence-corrected chi connectivity index (χ0v) is 13.7. The smallest absolute Gasteiger partial charge is 0.229 e. The van der Waals surface area contributed by atoms with E-state index < -0.39 is 0 Å². The van der Waals surface area contributed by atoms with Gasteiger partial charge in [0.15, 0.2) is 0 Å². The van der Waals surface area contributed by atoms with Gasteiger partial charge < -0.3 is 33.6 Å². The Morgan fingerprint density at radius 3 is 1.15 bits per heavy atom. The molecule has 2 heterocycles. The van der Waals surface area contributed by atoms with Gasteiger partial charge in [0.2, 0.25) is 35.7 Å². The molecule has 0 aliphatic rings. The lowest BCUT2D eigenvalue weighted by Gasteiger charge is -2.08. The first kappa shape index (κ1) is 16.9. The summed E-state index contributed by atoms with van der Waals surface area (Å²) in [5.74, 6) is 0.931. The van der Waals surface area contributed by atoms with Gasteiger partial charge >= 0.3 is 0 Å². The second-order valence-electron chi connectivity index (χ2n) is 5.27. The standard InChI is InChI=1S/C14H18N12/c15-9-21-10(16)24-13(23-9)19-5-7-1-2-8(4-3-7)6-20-14-25-11(17)22-12(18)26-14/h1-4H,5-6H2,(H5,15,16,19,21,23,24)(H5,17,18,20,22,25,26). The number of anilines is 6. The van der Waals surface area contributed by atoms with Gasteiger partial charge in [-0.2, -0.15) is 29.9 Å². The minimum Gasteiger partial charge on any atom is -0.368 e. The molecule has 3 rings (SSSR count). The molecule has 0 aliphatic heterocycles. The number of nitrogen functional groups attached to an aromatic ring is 4. The molecule has 134 valence electrons. The molecule has 0 saturated heterocycles. The van der Waals surface area contributed by atoms with Crippen molar-refractivity contribution >= 4 is 35.7 Å². The number of nitrogens with zero attached hydrogens (tertiary/aromatic N) is 6. The lowest BCUT2D eigenvalue weighted by atomic mass is 10.1. The largest absolute Gasteiger partial charge is 0.368 e. The van der Waals surface area contributed by atoms with Crippen LogP contribution in [-0.4, -0.2) is 29.9 Å². The fraction of sp³-hybridized carbons (Fsp3) is 0.143. The summed E-state index contributed by atoms with van der Waals surface area (Å²) >= 11 is 0. The minimum atomic E-state index is 0.0704. The number of aromatic nitrogens is 6. The second-order valence-corrected chi connectivity index (χ2v) is 5.27. The molecular weight excluding hydrogens is 336 g/mol. The monoisotopic (exact) mass is 354 g/mol. The highest BCUT2D eigenvalue weighted by Gasteiger charge is 2.03. The summed E-state index contributed by atoms with van der Waals surface area (Å²) < 4.78 is 0. The average Bonchev–Trinajstić information content (AvgIpc) is 2.57. The van der Waals surface area contributed by atoms with E-state index in [-0.39, 0.29) is 23.8 Å². The number of hydrogen-bond donors (Lipinski definition) is 6. The maximum Gasteiger partial charge on any atom is 0.229 e. The van der Waals surface area contributed by atoms with Gasteiger partial charge in [-0.1, -0.05) is 24.3 Å². The van der Waals surface area contributed by atoms with E-state index in [0.717, 1.165) is 11.1 Å². The summed E-state index contributed by atoms with van der Waals surface area (Å²) in [5.41, 5.74) is 24.2. The SMILES string of the molecule is Nc1nc(N)nc(NCc2ccc(CNc3nc(N)nc(N)n3)cc2)n1. The zero-order chi connectivity index (χ0) is 18.5. The van der Waals surface area contributed by atoms with Crippen LogP contribution in [0.4, 0.5) is 35.7 Å². The summed E-state index contributed by atoms with van der Waals surface area (Å²) in [6, 6.07) is 7.87. The molecule has 10 N–H and O–H groups in total. The molecule has 0 unspecified atom stereocenters. The molecule has 0 radical (unpaired) electrons. The van der Waals surface area contributed by atoms with Crippen molar-refractivity contribution in [1.82, 2.24) is 29.9 Å². The van der Waals surface area contributed by atoms with Crippen LogP contribution in [0.25, 0.3) is 0 Å². The number of nitrogens with one attached hydrogen (secondary N) is 2. The molecule has 0 amide bonds. The summed E-state index contributed by atoms with van der Waals surface area (Å²) in [6.07, 6.45) is 0. The zero-order valence-electron chi connectivity index (χ0n) is 13.7. The van der Waals surface area contributed by atoms with E-state index in [9.17, 15) is 0 Å². The normalized spacial score (nSPS) is 10.5. The predicted octanol–water partition coefficient (Wildman–Crippen LogP) is -0.390. The molecule has 2 aromatic heterocycles. The first-order valence-electron chi connectivity index (χ1n) is 7.57. The number of hydrogen-bond acceptors (Lipinski definition) is 12. The molecule has 0 saturated carbocycles. The van der Waals surface area contributed by atoms with Gasteiger partial charge in [0.1, 0.15) is 0 Å². The number of nitrogens with two attached hydrogens (primary N) is 4. The third-order valence-electron chi connectivity index (χ3n) is 3.26. The number of rotatable bonds is 6. The van der Waals surface area contributed by atoms with Crippen LogP contribution < -0.4 is 33.6 Å². The van der Waals surface area contributed by atoms with Crippen molar-refractivity contribution < 1.29 is 0 Å². The van der Waals surface area contributed by atoms with Crippen molar-refractivity contribution in [3.05, 3.63) is 35.4 Å². The molecule has 26 heavy (non-hydrogen) atoms. The first-order valence-corrected chi connectivity index (χ1v) is 7.57. The van der Waals surface area contributed by atoms with Crippen LogP contribution in [0.1, 0.15) is 11.1 Å². The van der Waals surface area contributed by atoms with Gasteiger partial charge in [0.05, 0.1) is 0 Å². The predicted molar refractivity (Wildman–Crippen MR) is 98.4 cm³/mol. The fourth-order valence-electron chi connectivity index (χ4n) is 2.11. The van der Waals surface area contributed by atoms with E-state index in [4.69, 9.17) is 22.9 Å². The van der Waals surface area contributed by atoms with Crippen LogP contribution in [-0.2, 0) is 13.1 Å². The van der Waals surface area contributed by atoms with Crippen molar-refractivity contribution in [2.45, 2.75) is 13.1 Å². The van der Waals surface area contributed by atoms with Crippen LogP contribution in [0.2, 0.25) is 0 Å². The average molecular weight is 354 g/mol. The van der Waals surface area contributed by atoms with Crippen LogP contribution >= 0.6 is 0 Å². The van der Waals surface area contributed by atoms with Crippen molar-refractivity contribution in [2.75, 3.05) is 33.6 Å². The fourth-order valence-corrected chi connectivity index (χ4v) is 2.11. The summed E-state index contributed by atoms with van der Waals surface area (Å²) in [4.78, 5) is 23.3. The third-order valence-corrected chi connectivity index (χ3v) is 3.26. The Morgan fingerprint density at radius 1 is 0.538 bits per heavy atom. The third kappa shape index (κ3) is 4.53. The lowest BCUT2D eigenvalue weighted by Crippen LogP contribution is -2.10. The lowest BCUT2D eigenvalue weighted by molar-refractivity contribution is 1.01. The van der Waals surface area contributed by atoms with Crippen LogP contribution in [0.5, 0.6) is 0 Å². The molecule has 0 bridgehead atoms. The molecule has 0 aliphatic carbocycles. The Bertz CT molecular complexity index is 780. The van der Waals surface area contributed by atoms with Gasteiger partial charge in [-0.15, -0.1) is 0 Å². The van der Waals surface area contributed by atoms with Crippen molar-refractivity contribution in [3.8, 4) is 0 Å².